The Labute approximate surface area is 164 Å². The Morgan fingerprint density at radius 2 is 1.90 bits per heavy atom. The average Bonchev–Trinajstić information content (AvgIpc) is 3.08. The van der Waals surface area contributed by atoms with Crippen LogP contribution in [-0.4, -0.2) is 52.6 Å². The molecule has 0 amide bonds. The number of carbonyl (C=O) groups is 1. The van der Waals surface area contributed by atoms with Crippen LogP contribution in [0.4, 0.5) is 29.3 Å². The molecule has 3 heterocycles. The van der Waals surface area contributed by atoms with Gasteiger partial charge in [-0.2, -0.15) is 13.8 Å². The van der Waals surface area contributed by atoms with Gasteiger partial charge in [-0.25, -0.2) is 13.8 Å². The van der Waals surface area contributed by atoms with Crippen molar-refractivity contribution in [2.75, 3.05) is 29.4 Å². The van der Waals surface area contributed by atoms with Crippen molar-refractivity contribution in [3.8, 4) is 0 Å². The molecule has 4 atom stereocenters. The first-order valence-corrected chi connectivity index (χ1v) is 9.99. The smallest absolute Gasteiger partial charge is 0.303 e. The molecule has 2 aliphatic carbocycles. The first-order chi connectivity index (χ1) is 13.6. The number of rotatable bonds is 4. The van der Waals surface area contributed by atoms with Crippen LogP contribution in [-0.2, 0) is 17.1 Å². The number of hydrogen-bond donors (Lipinski definition) is 1. The molecular formula is C19H22F4N4O2. The second kappa shape index (κ2) is 5.95. The van der Waals surface area contributed by atoms with Crippen LogP contribution in [0, 0.1) is 17.8 Å². The van der Waals surface area contributed by atoms with Gasteiger partial charge in [-0.15, -0.1) is 0 Å². The van der Waals surface area contributed by atoms with E-state index in [0.717, 1.165) is 0 Å². The predicted octanol–water partition coefficient (Wildman–Crippen LogP) is 2.91. The lowest BCUT2D eigenvalue weighted by atomic mass is 9.92. The SMILES string of the molecule is CC1N(c2nc(N3C[C@@H]4[C@@H](CC(=O)O)[C@@H]4C3)c3c(n2)C(F)(F)CCC3)CC1(F)F. The number of halogens is 4. The summed E-state index contributed by atoms with van der Waals surface area (Å²) in [6.07, 6.45) is 0.551. The Kier molecular flexibility index (Phi) is 3.87. The molecule has 29 heavy (non-hydrogen) atoms. The van der Waals surface area contributed by atoms with Gasteiger partial charge in [0.25, 0.3) is 11.8 Å². The molecule has 1 N–H and O–H groups in total. The van der Waals surface area contributed by atoms with Crippen LogP contribution in [0.15, 0.2) is 0 Å². The number of fused-ring (bicyclic) bond motifs is 2. The van der Waals surface area contributed by atoms with Crippen LogP contribution >= 0.6 is 0 Å². The summed E-state index contributed by atoms with van der Waals surface area (Å²) in [5.41, 5.74) is 0.0647. The van der Waals surface area contributed by atoms with Crippen molar-refractivity contribution in [1.82, 2.24) is 9.97 Å². The fourth-order valence-electron chi connectivity index (χ4n) is 5.17. The molecular weight excluding hydrogens is 392 g/mol. The quantitative estimate of drug-likeness (QED) is 0.765. The van der Waals surface area contributed by atoms with E-state index in [1.54, 1.807) is 0 Å². The highest BCUT2D eigenvalue weighted by atomic mass is 19.3. The number of alkyl halides is 4. The number of carboxylic acid groups (broad SMARTS) is 1. The fraction of sp³-hybridized carbons (Fsp3) is 0.737. The number of carboxylic acids is 1. The molecule has 0 bridgehead atoms. The summed E-state index contributed by atoms with van der Waals surface area (Å²) in [7, 11) is 0. The minimum absolute atomic E-state index is 0.0681. The third-order valence-electron chi connectivity index (χ3n) is 7.04. The van der Waals surface area contributed by atoms with E-state index in [4.69, 9.17) is 5.11 Å². The molecule has 158 valence electrons. The van der Waals surface area contributed by atoms with E-state index >= 15 is 0 Å². The number of anilines is 2. The molecule has 1 aromatic rings. The van der Waals surface area contributed by atoms with Crippen molar-refractivity contribution in [3.05, 3.63) is 11.3 Å². The van der Waals surface area contributed by atoms with E-state index in [-0.39, 0.29) is 42.2 Å². The largest absolute Gasteiger partial charge is 0.481 e. The first kappa shape index (κ1) is 18.9. The first-order valence-electron chi connectivity index (χ1n) is 9.99. The van der Waals surface area contributed by atoms with E-state index in [0.29, 0.717) is 37.3 Å². The molecule has 5 rings (SSSR count). The van der Waals surface area contributed by atoms with Gasteiger partial charge in [0.15, 0.2) is 0 Å². The molecule has 4 aliphatic rings. The Morgan fingerprint density at radius 3 is 2.48 bits per heavy atom. The highest BCUT2D eigenvalue weighted by Crippen LogP contribution is 2.55. The number of aromatic nitrogens is 2. The van der Waals surface area contributed by atoms with Gasteiger partial charge in [-0.1, -0.05) is 0 Å². The van der Waals surface area contributed by atoms with E-state index in [9.17, 15) is 22.4 Å². The van der Waals surface area contributed by atoms with Crippen molar-refractivity contribution in [2.24, 2.45) is 17.8 Å². The molecule has 0 radical (unpaired) electrons. The molecule has 6 nitrogen and oxygen atoms in total. The molecule has 3 fully saturated rings. The van der Waals surface area contributed by atoms with Gasteiger partial charge in [0.2, 0.25) is 5.95 Å². The van der Waals surface area contributed by atoms with Crippen LogP contribution in [0.1, 0.15) is 37.4 Å². The highest BCUT2D eigenvalue weighted by Gasteiger charge is 2.57. The van der Waals surface area contributed by atoms with Crippen molar-refractivity contribution in [2.45, 2.75) is 50.5 Å². The van der Waals surface area contributed by atoms with Crippen molar-refractivity contribution < 1.29 is 27.5 Å². The zero-order valence-electron chi connectivity index (χ0n) is 15.9. The summed E-state index contributed by atoms with van der Waals surface area (Å²) in [6, 6.07) is -1.14. The Morgan fingerprint density at radius 1 is 1.21 bits per heavy atom. The lowest BCUT2D eigenvalue weighted by molar-refractivity contribution is -0.137. The van der Waals surface area contributed by atoms with E-state index < -0.39 is 30.4 Å². The monoisotopic (exact) mass is 414 g/mol. The van der Waals surface area contributed by atoms with Gasteiger partial charge < -0.3 is 14.9 Å². The Bertz CT molecular complexity index is 868. The second-order valence-electron chi connectivity index (χ2n) is 8.79. The van der Waals surface area contributed by atoms with Gasteiger partial charge >= 0.3 is 5.97 Å². The van der Waals surface area contributed by atoms with Gasteiger partial charge in [-0.3, -0.25) is 4.79 Å². The van der Waals surface area contributed by atoms with Crippen LogP contribution < -0.4 is 9.80 Å². The van der Waals surface area contributed by atoms with Crippen molar-refractivity contribution >= 4 is 17.7 Å². The summed E-state index contributed by atoms with van der Waals surface area (Å²) in [6.45, 7) is 1.88. The van der Waals surface area contributed by atoms with Crippen LogP contribution in [0.5, 0.6) is 0 Å². The van der Waals surface area contributed by atoms with Crippen molar-refractivity contribution in [1.29, 1.82) is 0 Å². The minimum atomic E-state index is -3.11. The second-order valence-corrected chi connectivity index (χ2v) is 8.79. The molecule has 1 saturated carbocycles. The molecule has 2 saturated heterocycles. The number of hydrogen-bond acceptors (Lipinski definition) is 5. The third-order valence-corrected chi connectivity index (χ3v) is 7.04. The zero-order chi connectivity index (χ0) is 20.7. The maximum Gasteiger partial charge on any atom is 0.303 e. The van der Waals surface area contributed by atoms with E-state index in [1.165, 1.54) is 11.8 Å². The van der Waals surface area contributed by atoms with Crippen molar-refractivity contribution in [3.63, 3.8) is 0 Å². The summed E-state index contributed by atoms with van der Waals surface area (Å²) in [5, 5.41) is 8.99. The molecule has 10 heteroatoms. The molecule has 2 aliphatic heterocycles. The summed E-state index contributed by atoms with van der Waals surface area (Å²) in [5.74, 6) is -5.92. The average molecular weight is 414 g/mol. The molecule has 1 unspecified atom stereocenters. The molecule has 0 spiro atoms. The lowest BCUT2D eigenvalue weighted by Crippen LogP contribution is -2.64. The Hall–Kier alpha value is -2.13. The van der Waals surface area contributed by atoms with E-state index in [2.05, 4.69) is 9.97 Å². The summed E-state index contributed by atoms with van der Waals surface area (Å²) in [4.78, 5) is 22.7. The topological polar surface area (TPSA) is 69.6 Å². The van der Waals surface area contributed by atoms with Crippen LogP contribution in [0.2, 0.25) is 0 Å². The van der Waals surface area contributed by atoms with E-state index in [1.807, 2.05) is 4.90 Å². The maximum absolute atomic E-state index is 14.6. The maximum atomic E-state index is 14.6. The predicted molar refractivity (Wildman–Crippen MR) is 95.6 cm³/mol. The van der Waals surface area contributed by atoms with Crippen LogP contribution in [0.25, 0.3) is 0 Å². The van der Waals surface area contributed by atoms with Gasteiger partial charge in [0, 0.05) is 31.5 Å². The number of piperidine rings is 1. The highest BCUT2D eigenvalue weighted by molar-refractivity contribution is 5.68. The third kappa shape index (κ3) is 2.85. The summed E-state index contributed by atoms with van der Waals surface area (Å²) >= 11 is 0. The zero-order valence-corrected chi connectivity index (χ0v) is 15.9. The minimum Gasteiger partial charge on any atom is -0.481 e. The van der Waals surface area contributed by atoms with Gasteiger partial charge in [-0.05, 0) is 37.5 Å². The van der Waals surface area contributed by atoms with Crippen LogP contribution in [0.3, 0.4) is 0 Å². The molecule has 1 aromatic heterocycles. The summed E-state index contributed by atoms with van der Waals surface area (Å²) < 4.78 is 56.6. The van der Waals surface area contributed by atoms with Gasteiger partial charge in [0.1, 0.15) is 11.5 Å². The fourth-order valence-corrected chi connectivity index (χ4v) is 5.17. The number of nitrogens with zero attached hydrogens (tertiary/aromatic N) is 4. The standard InChI is InChI=1S/C19H22F4N4O2/c1-9-19(22,23)8-27(9)17-24-15-10(3-2-4-18(15,20)21)16(25-17)26-6-12-11(5-14(28)29)13(12)7-26/h9,11-13H,2-8H2,1H3,(H,28,29)/t9?,11-,12-,13+. The Balaban J connectivity index is 1.47. The molecule has 0 aromatic carbocycles. The lowest BCUT2D eigenvalue weighted by Gasteiger charge is -2.46. The van der Waals surface area contributed by atoms with Gasteiger partial charge in [0.05, 0.1) is 12.6 Å². The normalized spacial score (nSPS) is 33.7. The number of aliphatic carboxylic acids is 1.